The summed E-state index contributed by atoms with van der Waals surface area (Å²) >= 11 is 0. The van der Waals surface area contributed by atoms with Crippen molar-refractivity contribution in [1.82, 2.24) is 9.55 Å². The lowest BCUT2D eigenvalue weighted by atomic mass is 9.86. The number of nitrogens with zero attached hydrogens (tertiary/aromatic N) is 2. The van der Waals surface area contributed by atoms with E-state index in [4.69, 9.17) is 9.72 Å². The van der Waals surface area contributed by atoms with Crippen molar-refractivity contribution in [3.05, 3.63) is 56.9 Å². The maximum Gasteiger partial charge on any atom is 0.343 e. The minimum absolute atomic E-state index is 0.00607. The molecule has 2 N–H and O–H groups in total. The first-order valence-corrected chi connectivity index (χ1v) is 10.7. The van der Waals surface area contributed by atoms with Crippen LogP contribution >= 0.6 is 0 Å². The summed E-state index contributed by atoms with van der Waals surface area (Å²) in [6.07, 6.45) is 1.70. The number of ketones is 1. The number of aromatic hydroxyl groups is 1. The molecule has 1 atom stereocenters. The van der Waals surface area contributed by atoms with Crippen LogP contribution in [0.3, 0.4) is 0 Å². The van der Waals surface area contributed by atoms with E-state index in [9.17, 15) is 24.6 Å². The van der Waals surface area contributed by atoms with Gasteiger partial charge in [0.25, 0.3) is 5.56 Å². The summed E-state index contributed by atoms with van der Waals surface area (Å²) < 4.78 is 6.63. The standard InChI is InChI=1S/C24H20N2O6/c1-2-24(31)16-8-18-20-14(9-26(18)22(29)15(16)10-32-23(24)30)19(21(28)11-3-4-11)13-7-12(27)5-6-17(13)25-20/h5-8,11,27,31H,2-4,9-10H2,1H3/t24-/m0/s1. The van der Waals surface area contributed by atoms with Crippen LogP contribution in [0.5, 0.6) is 5.75 Å². The van der Waals surface area contributed by atoms with E-state index >= 15 is 0 Å². The normalized spacial score (nSPS) is 21.1. The number of carbonyl (C=O) groups excluding carboxylic acids is 2. The average Bonchev–Trinajstić information content (AvgIpc) is 3.57. The Bertz CT molecular complexity index is 1430. The molecule has 8 nitrogen and oxygen atoms in total. The number of fused-ring (bicyclic) bond motifs is 5. The van der Waals surface area contributed by atoms with Crippen molar-refractivity contribution in [1.29, 1.82) is 0 Å². The van der Waals surface area contributed by atoms with E-state index in [0.29, 0.717) is 33.4 Å². The van der Waals surface area contributed by atoms with Gasteiger partial charge < -0.3 is 19.5 Å². The molecular weight excluding hydrogens is 412 g/mol. The fourth-order valence-electron chi connectivity index (χ4n) is 4.90. The molecule has 1 saturated carbocycles. The number of esters is 1. The maximum atomic E-state index is 13.4. The molecule has 162 valence electrons. The van der Waals surface area contributed by atoms with Gasteiger partial charge in [-0.05, 0) is 43.5 Å². The zero-order chi connectivity index (χ0) is 22.4. The van der Waals surface area contributed by atoms with E-state index < -0.39 is 11.6 Å². The molecular formula is C24H20N2O6. The molecule has 4 heterocycles. The van der Waals surface area contributed by atoms with Gasteiger partial charge in [0.2, 0.25) is 0 Å². The lowest BCUT2D eigenvalue weighted by molar-refractivity contribution is -0.172. The van der Waals surface area contributed by atoms with Gasteiger partial charge in [-0.2, -0.15) is 0 Å². The van der Waals surface area contributed by atoms with Crippen LogP contribution in [-0.4, -0.2) is 31.5 Å². The minimum atomic E-state index is -1.90. The number of benzene rings is 1. The molecule has 2 aromatic heterocycles. The molecule has 1 aliphatic carbocycles. The molecule has 1 fully saturated rings. The van der Waals surface area contributed by atoms with Gasteiger partial charge in [-0.3, -0.25) is 9.59 Å². The Kier molecular flexibility index (Phi) is 3.75. The smallest absolute Gasteiger partial charge is 0.343 e. The molecule has 3 aromatic rings. The Balaban J connectivity index is 1.67. The minimum Gasteiger partial charge on any atom is -0.508 e. The maximum absolute atomic E-state index is 13.4. The van der Waals surface area contributed by atoms with Gasteiger partial charge in [0.15, 0.2) is 11.4 Å². The highest BCUT2D eigenvalue weighted by molar-refractivity contribution is 6.12. The van der Waals surface area contributed by atoms with Gasteiger partial charge >= 0.3 is 5.97 Å². The van der Waals surface area contributed by atoms with Gasteiger partial charge in [-0.25, -0.2) is 9.78 Å². The summed E-state index contributed by atoms with van der Waals surface area (Å²) in [4.78, 5) is 43.7. The fourth-order valence-corrected chi connectivity index (χ4v) is 4.90. The Hall–Kier alpha value is -3.52. The molecule has 0 unspecified atom stereocenters. The Morgan fingerprint density at radius 2 is 2.03 bits per heavy atom. The Morgan fingerprint density at radius 1 is 1.25 bits per heavy atom. The van der Waals surface area contributed by atoms with Crippen LogP contribution in [0.1, 0.15) is 53.2 Å². The zero-order valence-corrected chi connectivity index (χ0v) is 17.3. The predicted octanol–water partition coefficient (Wildman–Crippen LogP) is 2.38. The highest BCUT2D eigenvalue weighted by Gasteiger charge is 2.46. The number of rotatable bonds is 3. The summed E-state index contributed by atoms with van der Waals surface area (Å²) in [5, 5.41) is 21.6. The summed E-state index contributed by atoms with van der Waals surface area (Å²) in [5.41, 5.74) is 0.816. The second-order valence-electron chi connectivity index (χ2n) is 8.76. The van der Waals surface area contributed by atoms with E-state index in [-0.39, 0.29) is 53.7 Å². The second-order valence-corrected chi connectivity index (χ2v) is 8.76. The zero-order valence-electron chi connectivity index (χ0n) is 17.3. The van der Waals surface area contributed by atoms with Crippen molar-refractivity contribution in [2.24, 2.45) is 5.92 Å². The first-order chi connectivity index (χ1) is 15.3. The molecule has 0 radical (unpaired) electrons. The van der Waals surface area contributed by atoms with Crippen molar-refractivity contribution in [2.75, 3.05) is 0 Å². The van der Waals surface area contributed by atoms with Crippen LogP contribution in [0.2, 0.25) is 0 Å². The third-order valence-electron chi connectivity index (χ3n) is 6.87. The summed E-state index contributed by atoms with van der Waals surface area (Å²) in [6, 6.07) is 6.33. The number of cyclic esters (lactones) is 1. The van der Waals surface area contributed by atoms with Gasteiger partial charge in [-0.1, -0.05) is 6.92 Å². The number of Topliss-reactive ketones (excluding diaryl/α,β-unsaturated/α-hetero) is 1. The van der Waals surface area contributed by atoms with Gasteiger partial charge in [0, 0.05) is 28.0 Å². The molecule has 1 aromatic carbocycles. The highest BCUT2D eigenvalue weighted by Crippen LogP contribution is 2.43. The van der Waals surface area contributed by atoms with Crippen LogP contribution in [0.15, 0.2) is 29.1 Å². The number of aliphatic hydroxyl groups is 1. The van der Waals surface area contributed by atoms with Crippen LogP contribution < -0.4 is 5.56 Å². The number of pyridine rings is 2. The second kappa shape index (κ2) is 6.26. The lowest BCUT2D eigenvalue weighted by Crippen LogP contribution is -2.44. The third-order valence-corrected chi connectivity index (χ3v) is 6.87. The molecule has 0 bridgehead atoms. The number of phenols is 1. The molecule has 6 rings (SSSR count). The molecule has 0 saturated heterocycles. The van der Waals surface area contributed by atoms with Gasteiger partial charge in [0.1, 0.15) is 12.4 Å². The lowest BCUT2D eigenvalue weighted by Gasteiger charge is -2.31. The Morgan fingerprint density at radius 3 is 2.75 bits per heavy atom. The number of hydrogen-bond donors (Lipinski definition) is 2. The van der Waals surface area contributed by atoms with Gasteiger partial charge in [0.05, 0.1) is 29.0 Å². The van der Waals surface area contributed by atoms with E-state index in [1.54, 1.807) is 19.1 Å². The van der Waals surface area contributed by atoms with Crippen LogP contribution in [0.4, 0.5) is 0 Å². The summed E-state index contributed by atoms with van der Waals surface area (Å²) in [6.45, 7) is 1.60. The summed E-state index contributed by atoms with van der Waals surface area (Å²) in [5.74, 6) is -0.803. The van der Waals surface area contributed by atoms with Gasteiger partial charge in [-0.15, -0.1) is 0 Å². The first kappa shape index (κ1) is 19.2. The average molecular weight is 432 g/mol. The van der Waals surface area contributed by atoms with E-state index in [2.05, 4.69) is 0 Å². The topological polar surface area (TPSA) is 119 Å². The molecule has 2 aliphatic heterocycles. The molecule has 8 heteroatoms. The molecule has 32 heavy (non-hydrogen) atoms. The van der Waals surface area contributed by atoms with Crippen molar-refractivity contribution < 1.29 is 24.5 Å². The SMILES string of the molecule is CC[C@@]1(O)C(=O)OCc2c1cc1n(c2=O)Cc2c-1nc1ccc(O)cc1c2C(=O)C1CC1. The van der Waals surface area contributed by atoms with Crippen LogP contribution in [0.25, 0.3) is 22.3 Å². The molecule has 0 amide bonds. The number of ether oxygens (including phenoxy) is 1. The van der Waals surface area contributed by atoms with E-state index in [0.717, 1.165) is 12.8 Å². The third kappa shape index (κ3) is 2.41. The van der Waals surface area contributed by atoms with Crippen molar-refractivity contribution in [3.63, 3.8) is 0 Å². The first-order valence-electron chi connectivity index (χ1n) is 10.7. The Labute approximate surface area is 182 Å². The number of phenolic OH excluding ortho intramolecular Hbond substituents is 1. The molecule has 3 aliphatic rings. The van der Waals surface area contributed by atoms with Crippen LogP contribution in [0, 0.1) is 5.92 Å². The highest BCUT2D eigenvalue weighted by atomic mass is 16.6. The summed E-state index contributed by atoms with van der Waals surface area (Å²) in [7, 11) is 0. The number of hydrogen-bond acceptors (Lipinski definition) is 7. The van der Waals surface area contributed by atoms with Crippen molar-refractivity contribution in [2.45, 2.75) is 44.9 Å². The van der Waals surface area contributed by atoms with Crippen molar-refractivity contribution in [3.8, 4) is 17.1 Å². The van der Waals surface area contributed by atoms with Crippen molar-refractivity contribution >= 4 is 22.7 Å². The fraction of sp³-hybridized carbons (Fsp3) is 0.333. The van der Waals surface area contributed by atoms with E-state index in [1.807, 2.05) is 0 Å². The van der Waals surface area contributed by atoms with E-state index in [1.165, 1.54) is 16.7 Å². The number of carbonyl (C=O) groups is 2. The van der Waals surface area contributed by atoms with Crippen LogP contribution in [-0.2, 0) is 28.3 Å². The quantitative estimate of drug-likeness (QED) is 0.377. The number of aromatic nitrogens is 2. The molecule has 0 spiro atoms. The monoisotopic (exact) mass is 432 g/mol. The predicted molar refractivity (Wildman–Crippen MR) is 113 cm³/mol. The largest absolute Gasteiger partial charge is 0.508 e.